The van der Waals surface area contributed by atoms with Crippen LogP contribution in [0.5, 0.6) is 11.8 Å². The van der Waals surface area contributed by atoms with Crippen molar-refractivity contribution in [2.24, 2.45) is 5.41 Å². The normalized spacial score (nSPS) is 25.0. The number of amides is 1. The van der Waals surface area contributed by atoms with E-state index in [2.05, 4.69) is 10.8 Å². The van der Waals surface area contributed by atoms with Gasteiger partial charge in [0.15, 0.2) is 12.6 Å². The molecule has 1 spiro atoms. The van der Waals surface area contributed by atoms with E-state index in [0.29, 0.717) is 86.4 Å². The lowest BCUT2D eigenvalue weighted by Gasteiger charge is -2.41. The average Bonchev–Trinajstić information content (AvgIpc) is 3.36. The number of methoxy groups -OCH3 is 1. The summed E-state index contributed by atoms with van der Waals surface area (Å²) < 4.78 is 85.2. The van der Waals surface area contributed by atoms with Crippen LogP contribution in [0.4, 0.5) is 28.2 Å². The molecule has 1 aliphatic carbocycles. The Kier molecular flexibility index (Phi) is 8.78. The predicted molar refractivity (Wildman–Crippen MR) is 204 cm³/mol. The number of hydrogen-bond donors (Lipinski definition) is 0. The molecule has 4 fully saturated rings. The van der Waals surface area contributed by atoms with Crippen LogP contribution in [-0.2, 0) is 15.9 Å². The summed E-state index contributed by atoms with van der Waals surface area (Å²) in [4.78, 5) is 33.6. The van der Waals surface area contributed by atoms with Crippen LogP contribution < -0.4 is 14.4 Å². The highest BCUT2D eigenvalue weighted by molar-refractivity contribution is 6.03. The molecule has 15 heteroatoms. The molecule has 300 valence electrons. The number of carbonyl (C=O) groups excluding carboxylic acids is 1. The SMILES string of the molecule is C#Cc1c(F)ccc2cc(OCOC)cc(-c3nc4c5c(nc(OC[C@@]67CCCN6C[C@@]6(CC6(F)F)C7)nc5c3F)N3CCN(C(=O)OC(C)(C)C)C[C@H]3CC4)c12. The molecule has 4 aliphatic heterocycles. The fraction of sp³-hybridized carbons (Fsp3) is 0.524. The van der Waals surface area contributed by atoms with Crippen LogP contribution >= 0.6 is 0 Å². The van der Waals surface area contributed by atoms with Gasteiger partial charge >= 0.3 is 12.1 Å². The molecule has 2 aromatic heterocycles. The first kappa shape index (κ1) is 37.6. The minimum atomic E-state index is -2.70. The van der Waals surface area contributed by atoms with E-state index in [1.807, 2.05) is 25.7 Å². The van der Waals surface area contributed by atoms with Crippen molar-refractivity contribution < 1.29 is 41.3 Å². The third-order valence-corrected chi connectivity index (χ3v) is 12.3. The number of piperazine rings is 1. The Hall–Kier alpha value is -4.94. The minimum Gasteiger partial charge on any atom is -0.468 e. The summed E-state index contributed by atoms with van der Waals surface area (Å²) in [5.74, 6) is -0.992. The molecule has 9 rings (SSSR count). The first-order valence-electron chi connectivity index (χ1n) is 19.4. The number of aromatic nitrogens is 3. The van der Waals surface area contributed by atoms with Gasteiger partial charge < -0.3 is 28.7 Å². The molecule has 6 heterocycles. The molecule has 0 N–H and O–H groups in total. The summed E-state index contributed by atoms with van der Waals surface area (Å²) in [5.41, 5.74) is -1.87. The second-order valence-electron chi connectivity index (χ2n) is 17.1. The van der Waals surface area contributed by atoms with Crippen LogP contribution in [0.1, 0.15) is 64.1 Å². The summed E-state index contributed by atoms with van der Waals surface area (Å²) in [7, 11) is 1.47. The van der Waals surface area contributed by atoms with E-state index in [1.54, 1.807) is 23.1 Å². The third kappa shape index (κ3) is 6.26. The number of carbonyl (C=O) groups is 1. The van der Waals surface area contributed by atoms with Gasteiger partial charge in [0, 0.05) is 56.7 Å². The zero-order valence-corrected chi connectivity index (χ0v) is 32.4. The summed E-state index contributed by atoms with van der Waals surface area (Å²) in [6.45, 7) is 7.43. The number of rotatable bonds is 7. The summed E-state index contributed by atoms with van der Waals surface area (Å²) in [6, 6.07) is 5.67. The first-order valence-corrected chi connectivity index (χ1v) is 19.4. The highest BCUT2D eigenvalue weighted by Crippen LogP contribution is 2.69. The maximum atomic E-state index is 17.5. The average molecular weight is 789 g/mol. The Morgan fingerprint density at radius 3 is 2.60 bits per heavy atom. The minimum absolute atomic E-state index is 0.0577. The van der Waals surface area contributed by atoms with Crippen molar-refractivity contribution >= 4 is 33.6 Å². The van der Waals surface area contributed by atoms with E-state index < -0.39 is 40.2 Å². The van der Waals surface area contributed by atoms with Gasteiger partial charge in [0.1, 0.15) is 40.8 Å². The van der Waals surface area contributed by atoms with Crippen molar-refractivity contribution in [3.8, 4) is 35.4 Å². The number of anilines is 1. The molecule has 2 aromatic carbocycles. The zero-order chi connectivity index (χ0) is 40.1. The van der Waals surface area contributed by atoms with Crippen LogP contribution in [0.25, 0.3) is 32.9 Å². The fourth-order valence-electron chi connectivity index (χ4n) is 9.62. The topological polar surface area (TPSA) is 102 Å². The van der Waals surface area contributed by atoms with Crippen LogP contribution in [0.3, 0.4) is 0 Å². The molecule has 1 amide bonds. The summed E-state index contributed by atoms with van der Waals surface area (Å²) in [5, 5.41) is 1.18. The van der Waals surface area contributed by atoms with Crippen molar-refractivity contribution in [2.45, 2.75) is 82.4 Å². The number of pyridine rings is 1. The monoisotopic (exact) mass is 788 g/mol. The van der Waals surface area contributed by atoms with Gasteiger partial charge in [0.05, 0.1) is 27.6 Å². The number of ether oxygens (including phenoxy) is 4. The standard InChI is InChI=1S/C42H44F4N6O5/c1-6-27-29(43)10-8-24-16-26(56-23-54-5)17-28(31(24)27)34-33(44)35-32-30(47-34)11-9-25-18-50(38(53)57-39(2,3)4)14-15-52(25)36(32)49-37(48-35)55-22-41-12-7-13-51(41)21-40(19-41)20-42(40,45)46/h1,8,10,16-17,25H,7,9,11-15,18-23H2,2-5H3/t25-,40+,41+/m1/s1. The van der Waals surface area contributed by atoms with Crippen molar-refractivity contribution in [3.05, 3.63) is 47.2 Å². The molecule has 0 bridgehead atoms. The molecule has 1 saturated carbocycles. The van der Waals surface area contributed by atoms with Gasteiger partial charge in [-0.25, -0.2) is 27.3 Å². The number of terminal acetylenes is 1. The lowest BCUT2D eigenvalue weighted by molar-refractivity contribution is 0.0212. The molecule has 11 nitrogen and oxygen atoms in total. The number of alkyl halides is 2. The Balaban J connectivity index is 1.18. The van der Waals surface area contributed by atoms with Crippen molar-refractivity contribution in [2.75, 3.05) is 58.1 Å². The Labute approximate surface area is 327 Å². The second kappa shape index (κ2) is 13.3. The first-order chi connectivity index (χ1) is 27.1. The molecule has 4 aromatic rings. The van der Waals surface area contributed by atoms with E-state index in [9.17, 15) is 13.6 Å². The van der Waals surface area contributed by atoms with Gasteiger partial charge in [-0.1, -0.05) is 12.0 Å². The number of halogens is 4. The van der Waals surface area contributed by atoms with Crippen molar-refractivity contribution in [3.63, 3.8) is 0 Å². The van der Waals surface area contributed by atoms with Gasteiger partial charge in [-0.2, -0.15) is 9.97 Å². The summed E-state index contributed by atoms with van der Waals surface area (Å²) >= 11 is 0. The molecule has 57 heavy (non-hydrogen) atoms. The molecule has 0 unspecified atom stereocenters. The number of hydrogen-bond acceptors (Lipinski definition) is 10. The molecule has 3 saturated heterocycles. The van der Waals surface area contributed by atoms with E-state index in [-0.39, 0.29) is 59.6 Å². The molecule has 0 radical (unpaired) electrons. The van der Waals surface area contributed by atoms with E-state index in [4.69, 9.17) is 40.3 Å². The molecule has 3 atom stereocenters. The van der Waals surface area contributed by atoms with Gasteiger partial charge in [0.2, 0.25) is 0 Å². The van der Waals surface area contributed by atoms with Crippen LogP contribution in [0.2, 0.25) is 0 Å². The van der Waals surface area contributed by atoms with Crippen LogP contribution in [-0.4, -0.2) is 107 Å². The van der Waals surface area contributed by atoms with Crippen molar-refractivity contribution in [1.29, 1.82) is 0 Å². The Morgan fingerprint density at radius 1 is 1.05 bits per heavy atom. The second-order valence-corrected chi connectivity index (χ2v) is 17.1. The zero-order valence-electron chi connectivity index (χ0n) is 32.4. The van der Waals surface area contributed by atoms with Crippen LogP contribution in [0, 0.1) is 29.4 Å². The highest BCUT2D eigenvalue weighted by Gasteiger charge is 2.77. The van der Waals surface area contributed by atoms with Gasteiger partial charge in [-0.15, -0.1) is 6.42 Å². The van der Waals surface area contributed by atoms with Gasteiger partial charge in [-0.3, -0.25) is 4.90 Å². The highest BCUT2D eigenvalue weighted by atomic mass is 19.3. The Bertz CT molecular complexity index is 2370. The molecular weight excluding hydrogens is 744 g/mol. The van der Waals surface area contributed by atoms with Crippen LogP contribution in [0.15, 0.2) is 24.3 Å². The van der Waals surface area contributed by atoms with E-state index >= 15 is 8.78 Å². The van der Waals surface area contributed by atoms with Gasteiger partial charge in [-0.05, 0) is 83.0 Å². The van der Waals surface area contributed by atoms with Gasteiger partial charge in [0.25, 0.3) is 5.92 Å². The summed E-state index contributed by atoms with van der Waals surface area (Å²) in [6.07, 6.45) is 8.02. The van der Waals surface area contributed by atoms with E-state index in [1.165, 1.54) is 13.2 Å². The Morgan fingerprint density at radius 2 is 1.86 bits per heavy atom. The van der Waals surface area contributed by atoms with Crippen molar-refractivity contribution in [1.82, 2.24) is 24.8 Å². The largest absolute Gasteiger partial charge is 0.468 e. The smallest absolute Gasteiger partial charge is 0.410 e. The molecular formula is C42H44F4N6O5. The number of aryl methyl sites for hydroxylation is 1. The number of benzene rings is 2. The quantitative estimate of drug-likeness (QED) is 0.110. The lowest BCUT2D eigenvalue weighted by atomic mass is 9.89. The maximum Gasteiger partial charge on any atom is 0.410 e. The fourth-order valence-corrected chi connectivity index (χ4v) is 9.62. The lowest BCUT2D eigenvalue weighted by Crippen LogP contribution is -2.55. The maximum absolute atomic E-state index is 17.5. The number of fused-ring (bicyclic) bond motifs is 4. The predicted octanol–water partition coefficient (Wildman–Crippen LogP) is 7.10. The molecule has 5 aliphatic rings. The number of nitrogens with zero attached hydrogens (tertiary/aromatic N) is 6. The van der Waals surface area contributed by atoms with E-state index in [0.717, 1.165) is 6.42 Å². The third-order valence-electron chi connectivity index (χ3n) is 12.3.